The van der Waals surface area contributed by atoms with Crippen molar-refractivity contribution in [2.75, 3.05) is 26.8 Å². The molecule has 0 radical (unpaired) electrons. The van der Waals surface area contributed by atoms with Crippen molar-refractivity contribution < 1.29 is 43.2 Å². The molecule has 0 aromatic heterocycles. The Morgan fingerprint density at radius 2 is 1.64 bits per heavy atom. The Morgan fingerprint density at radius 1 is 0.982 bits per heavy atom. The molecule has 2 saturated carbocycles. The van der Waals surface area contributed by atoms with Gasteiger partial charge in [-0.1, -0.05) is 53.2 Å². The van der Waals surface area contributed by atoms with Crippen LogP contribution in [0.4, 0.5) is 0 Å². The second kappa shape index (κ2) is 18.4. The number of methoxy groups -OCH3 is 1. The first kappa shape index (κ1) is 45.2. The van der Waals surface area contributed by atoms with E-state index in [2.05, 4.69) is 42.8 Å². The fourth-order valence-electron chi connectivity index (χ4n) is 9.63. The summed E-state index contributed by atoms with van der Waals surface area (Å²) in [4.78, 5) is 53.5. The Balaban J connectivity index is 1.24. The molecular formula is C43H73N3O9. The lowest BCUT2D eigenvalue weighted by molar-refractivity contribution is -0.173. The van der Waals surface area contributed by atoms with Gasteiger partial charge in [0.2, 0.25) is 17.7 Å². The van der Waals surface area contributed by atoms with E-state index in [9.17, 15) is 24.3 Å². The zero-order chi connectivity index (χ0) is 40.9. The number of allylic oxidation sites excluding steroid dienone is 1. The zero-order valence-corrected chi connectivity index (χ0v) is 35.7. The lowest BCUT2D eigenvalue weighted by Crippen LogP contribution is -2.55. The van der Waals surface area contributed by atoms with E-state index in [-0.39, 0.29) is 96.0 Å². The highest BCUT2D eigenvalue weighted by atomic mass is 16.6. The second-order valence-electron chi connectivity index (χ2n) is 19.0. The van der Waals surface area contributed by atoms with Gasteiger partial charge >= 0.3 is 5.97 Å². The minimum Gasteiger partial charge on any atom is -0.460 e. The third kappa shape index (κ3) is 11.3. The molecule has 4 fully saturated rings. The van der Waals surface area contributed by atoms with Crippen molar-refractivity contribution >= 4 is 23.7 Å². The maximum atomic E-state index is 13.7. The van der Waals surface area contributed by atoms with Gasteiger partial charge in [-0.25, -0.2) is 0 Å². The molecule has 55 heavy (non-hydrogen) atoms. The molecular weight excluding hydrogens is 702 g/mol. The normalized spacial score (nSPS) is 32.8. The van der Waals surface area contributed by atoms with E-state index in [1.54, 1.807) is 14.0 Å². The van der Waals surface area contributed by atoms with Crippen molar-refractivity contribution in [2.24, 2.45) is 34.5 Å². The van der Waals surface area contributed by atoms with Crippen LogP contribution in [-0.4, -0.2) is 97.3 Å². The second-order valence-corrected chi connectivity index (χ2v) is 19.0. The molecule has 12 nitrogen and oxygen atoms in total. The maximum Gasteiger partial charge on any atom is 0.306 e. The van der Waals surface area contributed by atoms with Gasteiger partial charge in [-0.2, -0.15) is 0 Å². The zero-order valence-electron chi connectivity index (χ0n) is 35.7. The van der Waals surface area contributed by atoms with Gasteiger partial charge in [-0.3, -0.25) is 19.2 Å². The molecule has 2 saturated heterocycles. The Kier molecular flexibility index (Phi) is 15.1. The van der Waals surface area contributed by atoms with Crippen LogP contribution in [0.2, 0.25) is 0 Å². The fraction of sp³-hybridized carbons (Fsp3) is 0.860. The van der Waals surface area contributed by atoms with E-state index < -0.39 is 16.9 Å². The largest absolute Gasteiger partial charge is 0.460 e. The summed E-state index contributed by atoms with van der Waals surface area (Å²) in [7, 11) is 1.69. The van der Waals surface area contributed by atoms with E-state index in [4.69, 9.17) is 18.9 Å². The van der Waals surface area contributed by atoms with Gasteiger partial charge in [0.1, 0.15) is 23.4 Å². The maximum absolute atomic E-state index is 13.7. The molecule has 0 aromatic carbocycles. The standard InChI is InChI=1S/C43H73N3O9/c1-26(2)12-17-33-42(10,55-33)37-36(52-11)32(18-19-43(37)25-53-43)54-35(49)20-30-13-15-31(16-14-30)46-34(48)23-45-39(51)41(9,28(5)6)24-40(8,21-27(3)4)38(50)44-22-29(7)47/h12,27-33,36-37,47H,13-25H2,1-11H3,(H,44,50)(H,45,51)(H,46,48)/t29?,30?,31?,32?,33-,36?,37?,40?,41?,42-,43+/m1/s1. The predicted octanol–water partition coefficient (Wildman–Crippen LogP) is 5.39. The molecule has 1 spiro atoms. The molecule has 0 aromatic rings. The first-order chi connectivity index (χ1) is 25.7. The molecule has 4 aliphatic rings. The van der Waals surface area contributed by atoms with E-state index >= 15 is 0 Å². The van der Waals surface area contributed by atoms with Crippen LogP contribution in [0.15, 0.2) is 11.6 Å². The molecule has 3 amide bonds. The van der Waals surface area contributed by atoms with Crippen LogP contribution in [0, 0.1) is 34.5 Å². The number of hydrogen-bond donors (Lipinski definition) is 4. The van der Waals surface area contributed by atoms with Crippen molar-refractivity contribution in [3.8, 4) is 0 Å². The summed E-state index contributed by atoms with van der Waals surface area (Å²) >= 11 is 0. The molecule has 4 rings (SSSR count). The number of aliphatic hydroxyl groups is 1. The number of aliphatic hydroxyl groups excluding tert-OH is 1. The van der Waals surface area contributed by atoms with Crippen LogP contribution < -0.4 is 16.0 Å². The minimum atomic E-state index is -0.912. The van der Waals surface area contributed by atoms with Crippen LogP contribution in [0.3, 0.4) is 0 Å². The Labute approximate surface area is 330 Å². The number of epoxide rings is 2. The smallest absolute Gasteiger partial charge is 0.306 e. The van der Waals surface area contributed by atoms with E-state index in [1.807, 2.05) is 41.5 Å². The Bertz CT molecular complexity index is 1380. The quantitative estimate of drug-likeness (QED) is 0.0765. The van der Waals surface area contributed by atoms with Gasteiger partial charge in [0.15, 0.2) is 0 Å². The molecule has 6 unspecified atom stereocenters. The van der Waals surface area contributed by atoms with Gasteiger partial charge in [-0.05, 0) is 103 Å². The monoisotopic (exact) mass is 776 g/mol. The number of hydrogen-bond acceptors (Lipinski definition) is 9. The molecule has 2 aliphatic carbocycles. The third-order valence-electron chi connectivity index (χ3n) is 13.1. The van der Waals surface area contributed by atoms with Crippen molar-refractivity contribution in [1.29, 1.82) is 0 Å². The van der Waals surface area contributed by atoms with Gasteiger partial charge in [0.05, 0.1) is 31.3 Å². The summed E-state index contributed by atoms with van der Waals surface area (Å²) in [6.07, 6.45) is 7.56. The van der Waals surface area contributed by atoms with Crippen LogP contribution in [0.5, 0.6) is 0 Å². The number of carbonyl (C=O) groups excluding carboxylic acids is 4. The van der Waals surface area contributed by atoms with Crippen LogP contribution >= 0.6 is 0 Å². The summed E-state index contributed by atoms with van der Waals surface area (Å²) in [6, 6.07) is -0.0367. The lowest BCUT2D eigenvalue weighted by atomic mass is 9.64. The summed E-state index contributed by atoms with van der Waals surface area (Å²) in [5.74, 6) is -0.659. The Hall–Kier alpha value is -2.54. The van der Waals surface area contributed by atoms with Crippen molar-refractivity contribution in [3.05, 3.63) is 11.6 Å². The van der Waals surface area contributed by atoms with Gasteiger partial charge in [-0.15, -0.1) is 0 Å². The third-order valence-corrected chi connectivity index (χ3v) is 13.1. The van der Waals surface area contributed by atoms with Crippen LogP contribution in [0.1, 0.15) is 133 Å². The van der Waals surface area contributed by atoms with Gasteiger partial charge < -0.3 is 40.0 Å². The average molecular weight is 776 g/mol. The summed E-state index contributed by atoms with van der Waals surface area (Å²) in [5.41, 5.74) is -1.16. The summed E-state index contributed by atoms with van der Waals surface area (Å²) in [5, 5.41) is 18.5. The highest BCUT2D eigenvalue weighted by molar-refractivity contribution is 5.89. The topological polar surface area (TPSA) is 168 Å². The molecule has 9 atom stereocenters. The average Bonchev–Trinajstić information content (AvgIpc) is 4.02. The van der Waals surface area contributed by atoms with Crippen LogP contribution in [-0.2, 0) is 38.1 Å². The molecule has 2 heterocycles. The number of esters is 1. The predicted molar refractivity (Wildman–Crippen MR) is 211 cm³/mol. The molecule has 2 aliphatic heterocycles. The molecule has 314 valence electrons. The molecule has 12 heteroatoms. The van der Waals surface area contributed by atoms with Crippen molar-refractivity contribution in [3.63, 3.8) is 0 Å². The highest BCUT2D eigenvalue weighted by Gasteiger charge is 2.72. The van der Waals surface area contributed by atoms with E-state index in [0.717, 1.165) is 38.5 Å². The lowest BCUT2D eigenvalue weighted by Gasteiger charge is -2.42. The van der Waals surface area contributed by atoms with Crippen LogP contribution in [0.25, 0.3) is 0 Å². The van der Waals surface area contributed by atoms with Gasteiger partial charge in [0.25, 0.3) is 0 Å². The number of carbonyl (C=O) groups is 4. The Morgan fingerprint density at radius 3 is 2.18 bits per heavy atom. The summed E-state index contributed by atoms with van der Waals surface area (Å²) in [6.45, 7) is 20.4. The molecule has 4 N–H and O–H groups in total. The fourth-order valence-corrected chi connectivity index (χ4v) is 9.63. The number of ether oxygens (including phenoxy) is 4. The van der Waals surface area contributed by atoms with Crippen molar-refractivity contribution in [2.45, 2.75) is 175 Å². The van der Waals surface area contributed by atoms with Gasteiger partial charge in [0, 0.05) is 36.9 Å². The number of nitrogens with one attached hydrogen (secondary N) is 3. The SMILES string of the molecule is COC1C(OC(=O)CC2CCC(NC(=O)CNC(=O)C(C)(CC(C)(CC(C)C)C(=O)NCC(C)O)C(C)C)CC2)CC[C@]2(CO2)C1[C@]1(C)O[C@@H]1CC=C(C)C. The molecule has 0 bridgehead atoms. The van der Waals surface area contributed by atoms with E-state index in [1.165, 1.54) is 5.57 Å². The highest BCUT2D eigenvalue weighted by Crippen LogP contribution is 2.59. The number of rotatable bonds is 19. The first-order valence-electron chi connectivity index (χ1n) is 20.9. The van der Waals surface area contributed by atoms with E-state index in [0.29, 0.717) is 32.3 Å². The van der Waals surface area contributed by atoms with Crippen molar-refractivity contribution in [1.82, 2.24) is 16.0 Å². The first-order valence-corrected chi connectivity index (χ1v) is 20.9. The number of amides is 3. The summed E-state index contributed by atoms with van der Waals surface area (Å²) < 4.78 is 24.6. The minimum absolute atomic E-state index is 0.0203.